The first kappa shape index (κ1) is 23.5. The normalized spacial score (nSPS) is 30.1. The van der Waals surface area contributed by atoms with Crippen molar-refractivity contribution in [3.63, 3.8) is 0 Å². The van der Waals surface area contributed by atoms with Crippen LogP contribution < -0.4 is 4.90 Å². The number of hydrogen-bond acceptors (Lipinski definition) is 4. The van der Waals surface area contributed by atoms with Crippen LogP contribution in [0.2, 0.25) is 0 Å². The Hall–Kier alpha value is -1.17. The first-order chi connectivity index (χ1) is 13.9. The predicted octanol–water partition coefficient (Wildman–Crippen LogP) is 5.34. The molecule has 3 rings (SSSR count). The molecule has 6 nitrogen and oxygen atoms in total. The van der Waals surface area contributed by atoms with Crippen LogP contribution in [0.5, 0.6) is 0 Å². The monoisotopic (exact) mass is 455 g/mol. The number of amides is 1. The molecular weight excluding hydrogens is 421 g/mol. The van der Waals surface area contributed by atoms with Gasteiger partial charge >= 0.3 is 5.97 Å². The molecule has 1 aromatic rings. The molecule has 1 aliphatic heterocycles. The Morgan fingerprint density at radius 3 is 2.17 bits per heavy atom. The van der Waals surface area contributed by atoms with Crippen LogP contribution in [0, 0.1) is 11.8 Å². The number of hydrogen-bond donors (Lipinski definition) is 2. The van der Waals surface area contributed by atoms with E-state index in [4.69, 9.17) is 0 Å². The van der Waals surface area contributed by atoms with Gasteiger partial charge in [-0.1, -0.05) is 27.7 Å². The zero-order valence-corrected chi connectivity index (χ0v) is 20.1. The van der Waals surface area contributed by atoms with Gasteiger partial charge in [0.2, 0.25) is 13.3 Å². The summed E-state index contributed by atoms with van der Waals surface area (Å²) in [4.78, 5) is 38.6. The van der Waals surface area contributed by atoms with E-state index in [0.717, 1.165) is 30.6 Å². The van der Waals surface area contributed by atoms with E-state index in [9.17, 15) is 24.2 Å². The summed E-state index contributed by atoms with van der Waals surface area (Å²) >= 11 is 1.23. The van der Waals surface area contributed by atoms with Crippen molar-refractivity contribution in [2.24, 2.45) is 11.8 Å². The second-order valence-electron chi connectivity index (χ2n) is 10.1. The van der Waals surface area contributed by atoms with Gasteiger partial charge in [-0.3, -0.25) is 9.36 Å². The highest BCUT2D eigenvalue weighted by Crippen LogP contribution is 2.48. The molecule has 0 spiro atoms. The van der Waals surface area contributed by atoms with Crippen molar-refractivity contribution in [3.05, 3.63) is 15.8 Å². The maximum atomic E-state index is 13.7. The summed E-state index contributed by atoms with van der Waals surface area (Å²) in [5.41, 5.74) is 0.246. The second kappa shape index (κ2) is 8.76. The van der Waals surface area contributed by atoms with Crippen LogP contribution in [-0.4, -0.2) is 40.2 Å². The first-order valence-corrected chi connectivity index (χ1v) is 13.7. The topological polar surface area (TPSA) is 94.9 Å². The van der Waals surface area contributed by atoms with Crippen molar-refractivity contribution in [1.82, 2.24) is 0 Å². The van der Waals surface area contributed by atoms with Crippen LogP contribution in [0.25, 0.3) is 0 Å². The van der Waals surface area contributed by atoms with E-state index < -0.39 is 13.3 Å². The number of anilines is 1. The van der Waals surface area contributed by atoms with E-state index in [-0.39, 0.29) is 40.5 Å². The highest BCUT2D eigenvalue weighted by atomic mass is 32.1. The Balaban J connectivity index is 2.01. The number of carbonyl (C=O) groups is 2. The van der Waals surface area contributed by atoms with E-state index in [1.807, 2.05) is 26.8 Å². The molecule has 0 unspecified atom stereocenters. The molecule has 168 valence electrons. The third-order valence-corrected chi connectivity index (χ3v) is 9.95. The fourth-order valence-electron chi connectivity index (χ4n) is 4.50. The third-order valence-electron chi connectivity index (χ3n) is 6.50. The highest BCUT2D eigenvalue weighted by Gasteiger charge is 2.39. The summed E-state index contributed by atoms with van der Waals surface area (Å²) in [6.07, 6.45) is 4.88. The van der Waals surface area contributed by atoms with Gasteiger partial charge in [-0.15, -0.1) is 11.3 Å². The van der Waals surface area contributed by atoms with Crippen LogP contribution in [0.4, 0.5) is 5.69 Å². The van der Waals surface area contributed by atoms with Gasteiger partial charge in [-0.05, 0) is 55.9 Å². The van der Waals surface area contributed by atoms with Crippen molar-refractivity contribution in [2.45, 2.75) is 77.7 Å². The van der Waals surface area contributed by atoms with Gasteiger partial charge in [0.15, 0.2) is 0 Å². The fraction of sp³-hybridized carbons (Fsp3) is 0.727. The summed E-state index contributed by atoms with van der Waals surface area (Å²) in [7, 11) is -3.13. The molecule has 2 fully saturated rings. The Bertz CT molecular complexity index is 838. The molecule has 0 bridgehead atoms. The lowest BCUT2D eigenvalue weighted by Gasteiger charge is -2.38. The van der Waals surface area contributed by atoms with Crippen molar-refractivity contribution in [2.75, 3.05) is 17.2 Å². The van der Waals surface area contributed by atoms with Crippen LogP contribution >= 0.6 is 18.7 Å². The molecule has 0 aromatic carbocycles. The number of carbonyl (C=O) groups excluding carboxylic acids is 1. The average Bonchev–Trinajstić information content (AvgIpc) is 3.09. The van der Waals surface area contributed by atoms with Crippen LogP contribution in [-0.2, 0) is 14.8 Å². The maximum Gasteiger partial charge on any atom is 0.348 e. The molecule has 8 heteroatoms. The molecule has 1 saturated heterocycles. The number of carboxylic acid groups (broad SMARTS) is 1. The smallest absolute Gasteiger partial charge is 0.348 e. The molecule has 0 radical (unpaired) electrons. The summed E-state index contributed by atoms with van der Waals surface area (Å²) in [5.74, 6) is -0.532. The Labute approximate surface area is 183 Å². The molecule has 30 heavy (non-hydrogen) atoms. The van der Waals surface area contributed by atoms with E-state index >= 15 is 0 Å². The maximum absolute atomic E-state index is 13.7. The molecule has 0 atom stereocenters. The van der Waals surface area contributed by atoms with Gasteiger partial charge in [-0.2, -0.15) is 0 Å². The zero-order chi connectivity index (χ0) is 22.3. The quantitative estimate of drug-likeness (QED) is 0.598. The lowest BCUT2D eigenvalue weighted by atomic mass is 9.82. The Morgan fingerprint density at radius 1 is 1.10 bits per heavy atom. The molecule has 2 aliphatic rings. The molecule has 2 heterocycles. The first-order valence-electron chi connectivity index (χ1n) is 10.9. The molecular formula is C22H34NO5PS. The van der Waals surface area contributed by atoms with E-state index in [2.05, 4.69) is 6.92 Å². The minimum Gasteiger partial charge on any atom is -0.477 e. The van der Waals surface area contributed by atoms with Gasteiger partial charge in [-0.25, -0.2) is 4.79 Å². The van der Waals surface area contributed by atoms with Crippen molar-refractivity contribution >= 4 is 36.3 Å². The highest BCUT2D eigenvalue weighted by molar-refractivity contribution is 7.58. The molecule has 1 aromatic heterocycles. The van der Waals surface area contributed by atoms with E-state index in [1.165, 1.54) is 11.3 Å². The molecule has 1 saturated carbocycles. The summed E-state index contributed by atoms with van der Waals surface area (Å²) < 4.78 is 12.1. The fourth-order valence-corrected chi connectivity index (χ4v) is 7.17. The van der Waals surface area contributed by atoms with Crippen molar-refractivity contribution in [3.8, 4) is 0 Å². The van der Waals surface area contributed by atoms with Crippen LogP contribution in [0.15, 0.2) is 6.07 Å². The van der Waals surface area contributed by atoms with Crippen LogP contribution in [0.1, 0.15) is 80.8 Å². The molecule has 1 aliphatic carbocycles. The Morgan fingerprint density at radius 2 is 1.67 bits per heavy atom. The SMILES string of the molecule is CC(C)(C)c1cc(N(C(=O)[C@H]2CC[C@H](C)CC2)C2CCP(=O)(O)CC2)c(C(=O)O)s1. The van der Waals surface area contributed by atoms with Gasteiger partial charge in [0.1, 0.15) is 4.88 Å². The largest absolute Gasteiger partial charge is 0.477 e. The number of thiophene rings is 1. The van der Waals surface area contributed by atoms with Gasteiger partial charge in [0.25, 0.3) is 0 Å². The van der Waals surface area contributed by atoms with Crippen molar-refractivity contribution in [1.29, 1.82) is 0 Å². The average molecular weight is 456 g/mol. The summed E-state index contributed by atoms with van der Waals surface area (Å²) in [5, 5.41) is 9.89. The van der Waals surface area contributed by atoms with Gasteiger partial charge in [0.05, 0.1) is 5.69 Å². The van der Waals surface area contributed by atoms with Crippen molar-refractivity contribution < 1.29 is 24.2 Å². The van der Waals surface area contributed by atoms with E-state index in [0.29, 0.717) is 24.4 Å². The Kier molecular flexibility index (Phi) is 6.86. The molecule has 1 amide bonds. The second-order valence-corrected chi connectivity index (χ2v) is 13.7. The third kappa shape index (κ3) is 5.17. The minimum absolute atomic E-state index is 0.0117. The molecule has 2 N–H and O–H groups in total. The van der Waals surface area contributed by atoms with Gasteiger partial charge < -0.3 is 14.9 Å². The number of nitrogens with zero attached hydrogens (tertiary/aromatic N) is 1. The van der Waals surface area contributed by atoms with Gasteiger partial charge in [0, 0.05) is 29.2 Å². The standard InChI is InChI=1S/C22H34NO5PS/c1-14-5-7-15(8-6-14)20(24)23(16-9-11-29(27,28)12-10-16)17-13-18(22(2,3)4)30-19(17)21(25)26/h13-16H,5-12H2,1-4H3,(H,25,26)(H,27,28)/t14-,15-. The number of rotatable bonds is 4. The lowest BCUT2D eigenvalue weighted by molar-refractivity contribution is -0.124. The minimum atomic E-state index is -3.13. The number of carboxylic acids is 1. The zero-order valence-electron chi connectivity index (χ0n) is 18.4. The summed E-state index contributed by atoms with van der Waals surface area (Å²) in [6, 6.07) is 1.64. The van der Waals surface area contributed by atoms with Crippen LogP contribution in [0.3, 0.4) is 0 Å². The summed E-state index contributed by atoms with van der Waals surface area (Å²) in [6.45, 7) is 8.30. The lowest BCUT2D eigenvalue weighted by Crippen LogP contribution is -2.47. The number of aromatic carboxylic acids is 1. The predicted molar refractivity (Wildman–Crippen MR) is 121 cm³/mol. The van der Waals surface area contributed by atoms with E-state index in [1.54, 1.807) is 4.90 Å².